The van der Waals surface area contributed by atoms with Crippen molar-refractivity contribution in [2.75, 3.05) is 53.6 Å². The second-order valence-electron chi connectivity index (χ2n) is 4.35. The van der Waals surface area contributed by atoms with Crippen LogP contribution >= 0.6 is 0 Å². The van der Waals surface area contributed by atoms with Gasteiger partial charge in [-0.15, -0.1) is 0 Å². The Bertz CT molecular complexity index is 224. The highest BCUT2D eigenvalue weighted by Crippen LogP contribution is 2.05. The molecule has 0 aromatic carbocycles. The lowest BCUT2D eigenvalue weighted by molar-refractivity contribution is 0.124. The molecule has 0 aromatic heterocycles. The summed E-state index contributed by atoms with van der Waals surface area (Å²) in [7, 11) is 3.18. The Morgan fingerprint density at radius 1 is 1.12 bits per heavy atom. The molecule has 0 N–H and O–H groups in total. The Hall–Kier alpha value is -0.810. The molecular formula is C12H24N2O3. The van der Waals surface area contributed by atoms with E-state index in [2.05, 4.69) is 4.90 Å². The number of amides is 1. The fourth-order valence-corrected chi connectivity index (χ4v) is 2.09. The van der Waals surface area contributed by atoms with E-state index in [0.717, 1.165) is 58.6 Å². The molecule has 0 bridgehead atoms. The van der Waals surface area contributed by atoms with E-state index in [1.165, 1.54) is 7.11 Å². The Kier molecular flexibility index (Phi) is 6.96. The largest absolute Gasteiger partial charge is 0.453 e. The van der Waals surface area contributed by atoms with Gasteiger partial charge in [-0.2, -0.15) is 0 Å². The predicted molar refractivity (Wildman–Crippen MR) is 66.1 cm³/mol. The van der Waals surface area contributed by atoms with Crippen molar-refractivity contribution in [3.05, 3.63) is 0 Å². The molecule has 100 valence electrons. The maximum absolute atomic E-state index is 11.4. The number of carbonyl (C=O) groups is 1. The van der Waals surface area contributed by atoms with Gasteiger partial charge in [0.1, 0.15) is 0 Å². The van der Waals surface area contributed by atoms with Crippen LogP contribution in [0.5, 0.6) is 0 Å². The van der Waals surface area contributed by atoms with Crippen LogP contribution in [0.4, 0.5) is 4.79 Å². The Balaban J connectivity index is 2.20. The van der Waals surface area contributed by atoms with Crippen LogP contribution < -0.4 is 0 Å². The van der Waals surface area contributed by atoms with Gasteiger partial charge in [-0.3, -0.25) is 0 Å². The molecule has 5 nitrogen and oxygen atoms in total. The summed E-state index contributed by atoms with van der Waals surface area (Å²) in [6.07, 6.45) is 3.09. The lowest BCUT2D eigenvalue weighted by Crippen LogP contribution is -2.35. The molecule has 0 unspecified atom stereocenters. The molecule has 1 fully saturated rings. The molecule has 17 heavy (non-hydrogen) atoms. The van der Waals surface area contributed by atoms with Crippen LogP contribution in [0, 0.1) is 0 Å². The molecule has 0 aliphatic carbocycles. The average Bonchev–Trinajstić information content (AvgIpc) is 2.59. The minimum atomic E-state index is -0.203. The molecular weight excluding hydrogens is 220 g/mol. The zero-order chi connectivity index (χ0) is 12.5. The Morgan fingerprint density at radius 2 is 1.94 bits per heavy atom. The van der Waals surface area contributed by atoms with Gasteiger partial charge in [0.25, 0.3) is 0 Å². The molecule has 5 heteroatoms. The van der Waals surface area contributed by atoms with Crippen molar-refractivity contribution in [2.45, 2.75) is 19.3 Å². The molecule has 0 saturated carbocycles. The van der Waals surface area contributed by atoms with Crippen molar-refractivity contribution in [2.24, 2.45) is 0 Å². The van der Waals surface area contributed by atoms with E-state index in [0.29, 0.717) is 0 Å². The SMILES string of the molecule is COCCCCN1CCCN(C(=O)OC)CC1. The van der Waals surface area contributed by atoms with Gasteiger partial charge in [0, 0.05) is 33.4 Å². The normalized spacial score (nSPS) is 17.9. The van der Waals surface area contributed by atoms with Crippen LogP contribution in [-0.2, 0) is 9.47 Å². The number of hydrogen-bond acceptors (Lipinski definition) is 4. The molecule has 1 aliphatic rings. The number of rotatable bonds is 5. The first-order chi connectivity index (χ1) is 8.27. The predicted octanol–water partition coefficient (Wildman–Crippen LogP) is 1.19. The van der Waals surface area contributed by atoms with E-state index in [1.807, 2.05) is 0 Å². The maximum atomic E-state index is 11.4. The first kappa shape index (κ1) is 14.3. The minimum absolute atomic E-state index is 0.203. The fourth-order valence-electron chi connectivity index (χ4n) is 2.09. The van der Waals surface area contributed by atoms with Gasteiger partial charge in [0.15, 0.2) is 0 Å². The molecule has 1 saturated heterocycles. The number of unbranched alkanes of at least 4 members (excludes halogenated alkanes) is 1. The average molecular weight is 244 g/mol. The van der Waals surface area contributed by atoms with E-state index in [9.17, 15) is 4.79 Å². The summed E-state index contributed by atoms with van der Waals surface area (Å²) in [6, 6.07) is 0. The van der Waals surface area contributed by atoms with Crippen molar-refractivity contribution < 1.29 is 14.3 Å². The van der Waals surface area contributed by atoms with Gasteiger partial charge in [-0.1, -0.05) is 0 Å². The minimum Gasteiger partial charge on any atom is -0.453 e. The van der Waals surface area contributed by atoms with Gasteiger partial charge >= 0.3 is 6.09 Å². The highest BCUT2D eigenvalue weighted by atomic mass is 16.5. The van der Waals surface area contributed by atoms with Crippen LogP contribution in [0.15, 0.2) is 0 Å². The molecule has 0 atom stereocenters. The zero-order valence-corrected chi connectivity index (χ0v) is 11.0. The molecule has 1 rings (SSSR count). The van der Waals surface area contributed by atoms with Crippen molar-refractivity contribution in [1.82, 2.24) is 9.80 Å². The fraction of sp³-hybridized carbons (Fsp3) is 0.917. The summed E-state index contributed by atoms with van der Waals surface area (Å²) in [6.45, 7) is 5.53. The maximum Gasteiger partial charge on any atom is 0.409 e. The lowest BCUT2D eigenvalue weighted by Gasteiger charge is -2.20. The molecule has 1 amide bonds. The summed E-state index contributed by atoms with van der Waals surface area (Å²) in [4.78, 5) is 15.6. The van der Waals surface area contributed by atoms with E-state index in [4.69, 9.17) is 9.47 Å². The summed E-state index contributed by atoms with van der Waals surface area (Å²) in [5.74, 6) is 0. The van der Waals surface area contributed by atoms with Gasteiger partial charge < -0.3 is 19.3 Å². The van der Waals surface area contributed by atoms with Crippen molar-refractivity contribution in [3.63, 3.8) is 0 Å². The third-order valence-electron chi connectivity index (χ3n) is 3.09. The van der Waals surface area contributed by atoms with Crippen molar-refractivity contribution >= 4 is 6.09 Å². The molecule has 0 aromatic rings. The van der Waals surface area contributed by atoms with Gasteiger partial charge in [0.05, 0.1) is 7.11 Å². The van der Waals surface area contributed by atoms with Gasteiger partial charge in [0.2, 0.25) is 0 Å². The van der Waals surface area contributed by atoms with Crippen LogP contribution in [-0.4, -0.2) is 69.4 Å². The van der Waals surface area contributed by atoms with Gasteiger partial charge in [-0.25, -0.2) is 4.79 Å². The third kappa shape index (κ3) is 5.37. The second kappa shape index (κ2) is 8.31. The monoisotopic (exact) mass is 244 g/mol. The third-order valence-corrected chi connectivity index (χ3v) is 3.09. The summed E-state index contributed by atoms with van der Waals surface area (Å²) < 4.78 is 9.78. The van der Waals surface area contributed by atoms with Crippen LogP contribution in [0.3, 0.4) is 0 Å². The number of nitrogens with zero attached hydrogens (tertiary/aromatic N) is 2. The lowest BCUT2D eigenvalue weighted by atomic mass is 10.3. The topological polar surface area (TPSA) is 42.0 Å². The molecule has 1 aliphatic heterocycles. The smallest absolute Gasteiger partial charge is 0.409 e. The van der Waals surface area contributed by atoms with Crippen molar-refractivity contribution in [1.29, 1.82) is 0 Å². The highest BCUT2D eigenvalue weighted by Gasteiger charge is 2.18. The van der Waals surface area contributed by atoms with E-state index < -0.39 is 0 Å². The zero-order valence-electron chi connectivity index (χ0n) is 11.0. The highest BCUT2D eigenvalue weighted by molar-refractivity contribution is 5.67. The van der Waals surface area contributed by atoms with Crippen molar-refractivity contribution in [3.8, 4) is 0 Å². The second-order valence-corrected chi connectivity index (χ2v) is 4.35. The number of methoxy groups -OCH3 is 2. The number of carbonyl (C=O) groups excluding carboxylic acids is 1. The first-order valence-corrected chi connectivity index (χ1v) is 6.32. The number of hydrogen-bond donors (Lipinski definition) is 0. The first-order valence-electron chi connectivity index (χ1n) is 6.32. The van der Waals surface area contributed by atoms with Crippen LogP contribution in [0.25, 0.3) is 0 Å². The summed E-state index contributed by atoms with van der Waals surface area (Å²) in [5.41, 5.74) is 0. The standard InChI is InChI=1S/C12H24N2O3/c1-16-11-4-3-6-13-7-5-8-14(10-9-13)12(15)17-2/h3-11H2,1-2H3. The summed E-state index contributed by atoms with van der Waals surface area (Å²) >= 11 is 0. The van der Waals surface area contributed by atoms with Crippen LogP contribution in [0.2, 0.25) is 0 Å². The van der Waals surface area contributed by atoms with E-state index >= 15 is 0 Å². The quantitative estimate of drug-likeness (QED) is 0.681. The van der Waals surface area contributed by atoms with E-state index in [-0.39, 0.29) is 6.09 Å². The molecule has 0 spiro atoms. The molecule has 0 radical (unpaired) electrons. The Morgan fingerprint density at radius 3 is 2.65 bits per heavy atom. The molecule has 1 heterocycles. The summed E-state index contributed by atoms with van der Waals surface area (Å²) in [5, 5.41) is 0. The van der Waals surface area contributed by atoms with E-state index in [1.54, 1.807) is 12.0 Å². The number of ether oxygens (including phenoxy) is 2. The van der Waals surface area contributed by atoms with Gasteiger partial charge in [-0.05, 0) is 32.4 Å². The van der Waals surface area contributed by atoms with Crippen LogP contribution in [0.1, 0.15) is 19.3 Å². The Labute approximate surface area is 104 Å².